The Morgan fingerprint density at radius 2 is 1.79 bits per heavy atom. The second-order valence-electron chi connectivity index (χ2n) is 5.77. The topological polar surface area (TPSA) is 40.5 Å². The van der Waals surface area contributed by atoms with E-state index in [-0.39, 0.29) is 23.3 Å². The summed E-state index contributed by atoms with van der Waals surface area (Å²) in [6, 6.07) is 3.44. The van der Waals surface area contributed by atoms with Gasteiger partial charge in [-0.3, -0.25) is 0 Å². The lowest BCUT2D eigenvalue weighted by Crippen LogP contribution is -2.18. The quantitative estimate of drug-likeness (QED) is 0.771. The molecule has 2 N–H and O–H groups in total. The van der Waals surface area contributed by atoms with Gasteiger partial charge in [-0.25, -0.2) is 0 Å². The predicted octanol–water partition coefficient (Wildman–Crippen LogP) is 4.42. The second-order valence-corrected chi connectivity index (χ2v) is 5.77. The van der Waals surface area contributed by atoms with Crippen LogP contribution in [-0.4, -0.2) is 10.2 Å². The van der Waals surface area contributed by atoms with Crippen molar-refractivity contribution >= 4 is 0 Å². The fourth-order valence-electron chi connectivity index (χ4n) is 3.05. The highest BCUT2D eigenvalue weighted by Crippen LogP contribution is 2.47. The van der Waals surface area contributed by atoms with Crippen molar-refractivity contribution in [3.63, 3.8) is 0 Å². The number of phenols is 2. The Bertz CT molecular complexity index is 517. The molecule has 102 valence electrons. The van der Waals surface area contributed by atoms with Crippen molar-refractivity contribution in [2.75, 3.05) is 0 Å². The molecule has 2 rings (SSSR count). The largest absolute Gasteiger partial charge is 0.508 e. The Hall–Kier alpha value is -1.70. The van der Waals surface area contributed by atoms with Crippen LogP contribution in [0.5, 0.6) is 11.5 Å². The van der Waals surface area contributed by atoms with E-state index in [0.29, 0.717) is 5.56 Å². The molecule has 19 heavy (non-hydrogen) atoms. The van der Waals surface area contributed by atoms with Crippen LogP contribution in [0.4, 0.5) is 0 Å². The van der Waals surface area contributed by atoms with Gasteiger partial charge < -0.3 is 10.2 Å². The molecule has 0 heterocycles. The van der Waals surface area contributed by atoms with Crippen molar-refractivity contribution in [2.24, 2.45) is 5.92 Å². The zero-order valence-corrected chi connectivity index (χ0v) is 11.9. The van der Waals surface area contributed by atoms with Gasteiger partial charge in [0.25, 0.3) is 0 Å². The smallest absolute Gasteiger partial charge is 0.123 e. The fraction of sp³-hybridized carbons (Fsp3) is 0.412. The van der Waals surface area contributed by atoms with Crippen LogP contribution in [0.1, 0.15) is 43.7 Å². The molecule has 0 spiro atoms. The highest BCUT2D eigenvalue weighted by Gasteiger charge is 2.30. The molecular weight excluding hydrogens is 236 g/mol. The zero-order valence-electron chi connectivity index (χ0n) is 11.9. The summed E-state index contributed by atoms with van der Waals surface area (Å²) in [5.41, 5.74) is 3.95. The van der Waals surface area contributed by atoms with Crippen LogP contribution in [-0.2, 0) is 0 Å². The van der Waals surface area contributed by atoms with Gasteiger partial charge in [-0.2, -0.15) is 0 Å². The standard InChI is InChI=1S/C17H22O2/c1-10(2)13-6-5-11(3)7-14(13)17-15(18)8-12(4)9-16(17)19/h5,8-9,13-14,18-19H,1,6-7H2,2-4H3/t13-,14+/m0/s1. The van der Waals surface area contributed by atoms with Crippen LogP contribution >= 0.6 is 0 Å². The Labute approximate surface area is 115 Å². The van der Waals surface area contributed by atoms with Gasteiger partial charge in [0.2, 0.25) is 0 Å². The van der Waals surface area contributed by atoms with Gasteiger partial charge in [-0.1, -0.05) is 23.8 Å². The third-order valence-electron chi connectivity index (χ3n) is 4.03. The average molecular weight is 258 g/mol. The van der Waals surface area contributed by atoms with Crippen molar-refractivity contribution in [3.05, 3.63) is 47.1 Å². The zero-order chi connectivity index (χ0) is 14.2. The maximum absolute atomic E-state index is 10.2. The van der Waals surface area contributed by atoms with E-state index in [4.69, 9.17) is 0 Å². The first-order valence-electron chi connectivity index (χ1n) is 6.73. The van der Waals surface area contributed by atoms with E-state index in [9.17, 15) is 10.2 Å². The molecular formula is C17H22O2. The van der Waals surface area contributed by atoms with Crippen LogP contribution < -0.4 is 0 Å². The number of benzene rings is 1. The highest BCUT2D eigenvalue weighted by atomic mass is 16.3. The molecule has 0 amide bonds. The third kappa shape index (κ3) is 2.67. The lowest BCUT2D eigenvalue weighted by atomic mass is 9.72. The summed E-state index contributed by atoms with van der Waals surface area (Å²) in [5.74, 6) is 0.790. The van der Waals surface area contributed by atoms with E-state index in [1.165, 1.54) is 5.57 Å². The highest BCUT2D eigenvalue weighted by molar-refractivity contribution is 5.50. The molecule has 0 saturated heterocycles. The summed E-state index contributed by atoms with van der Waals surface area (Å²) in [6.07, 6.45) is 4.03. The lowest BCUT2D eigenvalue weighted by Gasteiger charge is -2.32. The molecule has 1 aromatic rings. The van der Waals surface area contributed by atoms with E-state index in [1.807, 2.05) is 13.8 Å². The number of hydrogen-bond acceptors (Lipinski definition) is 2. The number of aromatic hydroxyl groups is 2. The first-order chi connectivity index (χ1) is 8.90. The van der Waals surface area contributed by atoms with Gasteiger partial charge >= 0.3 is 0 Å². The summed E-state index contributed by atoms with van der Waals surface area (Å²) >= 11 is 0. The Balaban J connectivity index is 2.49. The van der Waals surface area contributed by atoms with E-state index >= 15 is 0 Å². The normalized spacial score (nSPS) is 23.0. The summed E-state index contributed by atoms with van der Waals surface area (Å²) in [5, 5.41) is 20.4. The lowest BCUT2D eigenvalue weighted by molar-refractivity contribution is 0.391. The predicted molar refractivity (Wildman–Crippen MR) is 78.5 cm³/mol. The molecule has 0 saturated carbocycles. The number of phenolic OH excluding ortho intramolecular Hbond substituents is 2. The monoisotopic (exact) mass is 258 g/mol. The first-order valence-corrected chi connectivity index (χ1v) is 6.73. The van der Waals surface area contributed by atoms with Crippen molar-refractivity contribution in [3.8, 4) is 11.5 Å². The maximum Gasteiger partial charge on any atom is 0.123 e. The van der Waals surface area contributed by atoms with Gasteiger partial charge in [0, 0.05) is 11.5 Å². The van der Waals surface area contributed by atoms with Crippen LogP contribution in [0.2, 0.25) is 0 Å². The van der Waals surface area contributed by atoms with E-state index in [2.05, 4.69) is 19.6 Å². The van der Waals surface area contributed by atoms with Crippen molar-refractivity contribution < 1.29 is 10.2 Å². The average Bonchev–Trinajstić information content (AvgIpc) is 2.27. The summed E-state index contributed by atoms with van der Waals surface area (Å²) in [7, 11) is 0. The summed E-state index contributed by atoms with van der Waals surface area (Å²) in [4.78, 5) is 0. The first kappa shape index (κ1) is 13.7. The van der Waals surface area contributed by atoms with Gasteiger partial charge in [0.1, 0.15) is 11.5 Å². The Kier molecular flexibility index (Phi) is 3.70. The minimum Gasteiger partial charge on any atom is -0.508 e. The maximum atomic E-state index is 10.2. The third-order valence-corrected chi connectivity index (χ3v) is 4.03. The molecule has 0 radical (unpaired) electrons. The summed E-state index contributed by atoms with van der Waals surface area (Å²) in [6.45, 7) is 10.1. The molecule has 0 bridgehead atoms. The van der Waals surface area contributed by atoms with Crippen molar-refractivity contribution in [2.45, 2.75) is 39.5 Å². The molecule has 0 unspecified atom stereocenters. The molecule has 1 aromatic carbocycles. The fourth-order valence-corrected chi connectivity index (χ4v) is 3.05. The molecule has 2 nitrogen and oxygen atoms in total. The molecule has 0 aromatic heterocycles. The number of hydrogen-bond donors (Lipinski definition) is 2. The molecule has 2 atom stereocenters. The van der Waals surface area contributed by atoms with E-state index < -0.39 is 0 Å². The van der Waals surface area contributed by atoms with E-state index in [0.717, 1.165) is 24.0 Å². The second kappa shape index (κ2) is 5.12. The minimum atomic E-state index is 0.114. The van der Waals surface area contributed by atoms with Gasteiger partial charge in [-0.15, -0.1) is 0 Å². The SMILES string of the molecule is C=C(C)[C@@H]1CC=C(C)C[C@H]1c1c(O)cc(C)cc1O. The van der Waals surface area contributed by atoms with Gasteiger partial charge in [0.15, 0.2) is 0 Å². The number of rotatable bonds is 2. The van der Waals surface area contributed by atoms with Crippen LogP contribution in [0.3, 0.4) is 0 Å². The molecule has 0 aliphatic heterocycles. The van der Waals surface area contributed by atoms with Gasteiger partial charge in [0.05, 0.1) is 0 Å². The molecule has 1 aliphatic carbocycles. The molecule has 0 fully saturated rings. The van der Waals surface area contributed by atoms with Crippen LogP contribution in [0, 0.1) is 12.8 Å². The summed E-state index contributed by atoms with van der Waals surface area (Å²) < 4.78 is 0. The van der Waals surface area contributed by atoms with Crippen LogP contribution in [0.15, 0.2) is 35.9 Å². The molecule has 1 aliphatic rings. The van der Waals surface area contributed by atoms with Crippen molar-refractivity contribution in [1.29, 1.82) is 0 Å². The van der Waals surface area contributed by atoms with Crippen LogP contribution in [0.25, 0.3) is 0 Å². The minimum absolute atomic E-state index is 0.114. The molecule has 2 heteroatoms. The number of allylic oxidation sites excluding steroid dienone is 3. The van der Waals surface area contributed by atoms with E-state index in [1.54, 1.807) is 12.1 Å². The van der Waals surface area contributed by atoms with Crippen molar-refractivity contribution in [1.82, 2.24) is 0 Å². The Morgan fingerprint density at radius 3 is 2.32 bits per heavy atom. The number of aryl methyl sites for hydroxylation is 1. The van der Waals surface area contributed by atoms with Gasteiger partial charge in [-0.05, 0) is 57.2 Å². The Morgan fingerprint density at radius 1 is 1.21 bits per heavy atom.